The molecule has 1 aliphatic heterocycles. The lowest BCUT2D eigenvalue weighted by Gasteiger charge is -2.18. The fraction of sp³-hybridized carbons (Fsp3) is 0.480. The smallest absolute Gasteiger partial charge is 0.263 e. The van der Waals surface area contributed by atoms with Crippen molar-refractivity contribution in [3.63, 3.8) is 0 Å². The van der Waals surface area contributed by atoms with Crippen LogP contribution in [0.25, 0.3) is 10.2 Å². The van der Waals surface area contributed by atoms with Gasteiger partial charge in [-0.15, -0.1) is 11.3 Å². The molecule has 1 N–H and O–H groups in total. The molecule has 32 heavy (non-hydrogen) atoms. The zero-order valence-electron chi connectivity index (χ0n) is 18.9. The minimum absolute atomic E-state index is 0.0114. The van der Waals surface area contributed by atoms with E-state index in [0.717, 1.165) is 59.4 Å². The Labute approximate surface area is 192 Å². The summed E-state index contributed by atoms with van der Waals surface area (Å²) < 4.78 is 1.63. The fourth-order valence-corrected chi connectivity index (χ4v) is 6.37. The van der Waals surface area contributed by atoms with Gasteiger partial charge in [-0.1, -0.05) is 6.07 Å². The average Bonchev–Trinajstić information content (AvgIpc) is 3.37. The molecule has 6 nitrogen and oxygen atoms in total. The normalized spacial score (nSPS) is 16.4. The number of nitrogens with zero attached hydrogens (tertiary/aromatic N) is 3. The van der Waals surface area contributed by atoms with Gasteiger partial charge in [0.2, 0.25) is 5.91 Å². The summed E-state index contributed by atoms with van der Waals surface area (Å²) in [7, 11) is 0. The van der Waals surface area contributed by atoms with Gasteiger partial charge in [0.25, 0.3) is 5.56 Å². The third kappa shape index (κ3) is 4.24. The first kappa shape index (κ1) is 21.3. The Kier molecular flexibility index (Phi) is 5.86. The Morgan fingerprint density at radius 1 is 1.06 bits per heavy atom. The summed E-state index contributed by atoms with van der Waals surface area (Å²) in [5.74, 6) is 0.517. The molecule has 1 saturated heterocycles. The maximum absolute atomic E-state index is 13.7. The summed E-state index contributed by atoms with van der Waals surface area (Å²) in [4.78, 5) is 36.1. The van der Waals surface area contributed by atoms with Crippen molar-refractivity contribution in [2.24, 2.45) is 0 Å². The van der Waals surface area contributed by atoms with Crippen LogP contribution < -0.4 is 10.9 Å². The van der Waals surface area contributed by atoms with Crippen molar-refractivity contribution in [1.29, 1.82) is 0 Å². The number of thiophene rings is 1. The van der Waals surface area contributed by atoms with Gasteiger partial charge in [-0.3, -0.25) is 19.1 Å². The summed E-state index contributed by atoms with van der Waals surface area (Å²) in [6, 6.07) is 5.98. The van der Waals surface area contributed by atoms with Crippen LogP contribution in [0.5, 0.6) is 0 Å². The van der Waals surface area contributed by atoms with Gasteiger partial charge in [0.05, 0.1) is 11.9 Å². The highest BCUT2D eigenvalue weighted by molar-refractivity contribution is 7.18. The summed E-state index contributed by atoms with van der Waals surface area (Å²) in [5.41, 5.74) is 4.08. The van der Waals surface area contributed by atoms with E-state index in [4.69, 9.17) is 4.98 Å². The van der Waals surface area contributed by atoms with E-state index in [9.17, 15) is 9.59 Å². The van der Waals surface area contributed by atoms with E-state index in [1.807, 2.05) is 26.0 Å². The van der Waals surface area contributed by atoms with Crippen LogP contribution in [-0.4, -0.2) is 33.4 Å². The Hall–Kier alpha value is -2.51. The van der Waals surface area contributed by atoms with Crippen LogP contribution in [0, 0.1) is 13.8 Å². The molecule has 0 radical (unpaired) electrons. The number of nitrogens with one attached hydrogen (secondary N) is 1. The predicted molar refractivity (Wildman–Crippen MR) is 130 cm³/mol. The monoisotopic (exact) mass is 450 g/mol. The number of carbonyl (C=O) groups is 1. The van der Waals surface area contributed by atoms with E-state index < -0.39 is 0 Å². The van der Waals surface area contributed by atoms with E-state index in [-0.39, 0.29) is 18.0 Å². The van der Waals surface area contributed by atoms with Crippen molar-refractivity contribution in [3.05, 3.63) is 55.9 Å². The number of benzene rings is 1. The summed E-state index contributed by atoms with van der Waals surface area (Å²) in [5, 5.41) is 3.73. The highest BCUT2D eigenvalue weighted by Gasteiger charge is 2.24. The van der Waals surface area contributed by atoms with Crippen LogP contribution in [0.3, 0.4) is 0 Å². The second kappa shape index (κ2) is 8.79. The molecule has 1 fully saturated rings. The SMILES string of the molecule is Cc1cc(C)cc(NC(=O)Cn2c(CN3CCCC3)nc3sc4c(c3c2=O)CCCC4)c1. The number of aromatic nitrogens is 2. The van der Waals surface area contributed by atoms with E-state index in [1.54, 1.807) is 15.9 Å². The zero-order chi connectivity index (χ0) is 22.2. The first-order valence-electron chi connectivity index (χ1n) is 11.6. The van der Waals surface area contributed by atoms with Gasteiger partial charge in [0.1, 0.15) is 17.2 Å². The maximum Gasteiger partial charge on any atom is 0.263 e. The summed E-state index contributed by atoms with van der Waals surface area (Å²) in [6.07, 6.45) is 6.60. The van der Waals surface area contributed by atoms with E-state index >= 15 is 0 Å². The molecule has 7 heteroatoms. The predicted octanol–water partition coefficient (Wildman–Crippen LogP) is 4.19. The molecule has 3 heterocycles. The highest BCUT2D eigenvalue weighted by Crippen LogP contribution is 2.34. The van der Waals surface area contributed by atoms with E-state index in [1.165, 1.54) is 29.7 Å². The first-order valence-corrected chi connectivity index (χ1v) is 12.4. The summed E-state index contributed by atoms with van der Waals surface area (Å²) in [6.45, 7) is 6.66. The molecule has 1 amide bonds. The Morgan fingerprint density at radius 3 is 2.53 bits per heavy atom. The van der Waals surface area contributed by atoms with Crippen molar-refractivity contribution in [3.8, 4) is 0 Å². The van der Waals surface area contributed by atoms with Crippen molar-refractivity contribution < 1.29 is 4.79 Å². The van der Waals surface area contributed by atoms with Crippen molar-refractivity contribution in [2.75, 3.05) is 18.4 Å². The molecule has 5 rings (SSSR count). The summed E-state index contributed by atoms with van der Waals surface area (Å²) >= 11 is 1.68. The third-order valence-electron chi connectivity index (χ3n) is 6.52. The maximum atomic E-state index is 13.7. The first-order chi connectivity index (χ1) is 15.5. The molecule has 1 aliphatic carbocycles. The number of carbonyl (C=O) groups excluding carboxylic acids is 1. The highest BCUT2D eigenvalue weighted by atomic mass is 32.1. The van der Waals surface area contributed by atoms with Gasteiger partial charge in [-0.25, -0.2) is 4.98 Å². The number of hydrogen-bond acceptors (Lipinski definition) is 5. The molecule has 0 atom stereocenters. The van der Waals surface area contributed by atoms with Gasteiger partial charge in [-0.05, 0) is 94.3 Å². The minimum atomic E-state index is -0.190. The molecule has 0 bridgehead atoms. The van der Waals surface area contributed by atoms with Gasteiger partial charge < -0.3 is 5.32 Å². The van der Waals surface area contributed by atoms with Gasteiger partial charge in [0, 0.05) is 10.6 Å². The number of hydrogen-bond donors (Lipinski definition) is 1. The van der Waals surface area contributed by atoms with Crippen LogP contribution in [0.4, 0.5) is 5.69 Å². The van der Waals surface area contributed by atoms with Crippen LogP contribution >= 0.6 is 11.3 Å². The van der Waals surface area contributed by atoms with Crippen LogP contribution in [-0.2, 0) is 30.7 Å². The lowest BCUT2D eigenvalue weighted by atomic mass is 9.97. The number of rotatable bonds is 5. The number of likely N-dealkylation sites (tertiary alicyclic amines) is 1. The minimum Gasteiger partial charge on any atom is -0.325 e. The number of fused-ring (bicyclic) bond motifs is 3. The van der Waals surface area contributed by atoms with E-state index in [0.29, 0.717) is 12.4 Å². The van der Waals surface area contributed by atoms with Crippen LogP contribution in [0.15, 0.2) is 23.0 Å². The standard InChI is InChI=1S/C25H30N4O2S/c1-16-11-17(2)13-18(12-16)26-22(30)15-29-21(14-28-9-5-6-10-28)27-24-23(25(29)31)19-7-3-4-8-20(19)32-24/h11-13H,3-10,14-15H2,1-2H3,(H,26,30). The van der Waals surface area contributed by atoms with Gasteiger partial charge in [0.15, 0.2) is 0 Å². The number of anilines is 1. The van der Waals surface area contributed by atoms with Crippen LogP contribution in [0.2, 0.25) is 0 Å². The Morgan fingerprint density at radius 2 is 1.78 bits per heavy atom. The number of amides is 1. The molecule has 0 unspecified atom stereocenters. The topological polar surface area (TPSA) is 67.2 Å². The van der Waals surface area contributed by atoms with Gasteiger partial charge >= 0.3 is 0 Å². The second-order valence-electron chi connectivity index (χ2n) is 9.22. The zero-order valence-corrected chi connectivity index (χ0v) is 19.7. The Bertz CT molecular complexity index is 1220. The quantitative estimate of drug-likeness (QED) is 0.633. The van der Waals surface area contributed by atoms with Crippen LogP contribution in [0.1, 0.15) is 53.1 Å². The largest absolute Gasteiger partial charge is 0.325 e. The molecule has 1 aromatic carbocycles. The van der Waals surface area contributed by atoms with Crippen molar-refractivity contribution in [2.45, 2.75) is 65.5 Å². The molecule has 0 spiro atoms. The van der Waals surface area contributed by atoms with Crippen molar-refractivity contribution >= 4 is 33.1 Å². The molecule has 168 valence electrons. The van der Waals surface area contributed by atoms with Gasteiger partial charge in [-0.2, -0.15) is 0 Å². The molecule has 3 aromatic rings. The van der Waals surface area contributed by atoms with Crippen molar-refractivity contribution in [1.82, 2.24) is 14.5 Å². The lowest BCUT2D eigenvalue weighted by molar-refractivity contribution is -0.116. The second-order valence-corrected chi connectivity index (χ2v) is 10.3. The molecule has 2 aliphatic rings. The average molecular weight is 451 g/mol. The Balaban J connectivity index is 1.52. The molecule has 2 aromatic heterocycles. The fourth-order valence-electron chi connectivity index (χ4n) is 5.10. The lowest BCUT2D eigenvalue weighted by Crippen LogP contribution is -2.33. The van der Waals surface area contributed by atoms with E-state index in [2.05, 4.69) is 16.3 Å². The third-order valence-corrected chi connectivity index (χ3v) is 7.71. The molecular formula is C25H30N4O2S. The number of aryl methyl sites for hydroxylation is 4. The molecular weight excluding hydrogens is 420 g/mol. The molecule has 0 saturated carbocycles.